The first-order chi connectivity index (χ1) is 15.4. The molecular formula is C23H23F2N3O4. The molecule has 168 valence electrons. The number of methoxy groups -OCH3 is 2. The molecule has 0 saturated heterocycles. The van der Waals surface area contributed by atoms with E-state index in [0.717, 1.165) is 11.1 Å². The van der Waals surface area contributed by atoms with E-state index in [1.807, 2.05) is 19.1 Å². The summed E-state index contributed by atoms with van der Waals surface area (Å²) in [4.78, 5) is 12.5. The van der Waals surface area contributed by atoms with Crippen LogP contribution in [0.25, 0.3) is 6.08 Å². The Morgan fingerprint density at radius 2 is 1.88 bits per heavy atom. The largest absolute Gasteiger partial charge is 0.493 e. The van der Waals surface area contributed by atoms with Gasteiger partial charge in [-0.25, -0.2) is 4.68 Å². The van der Waals surface area contributed by atoms with Crippen LogP contribution in [-0.2, 0) is 11.3 Å². The van der Waals surface area contributed by atoms with Crippen molar-refractivity contribution in [2.45, 2.75) is 20.1 Å². The molecule has 0 aliphatic rings. The Morgan fingerprint density at radius 1 is 1.12 bits per heavy atom. The van der Waals surface area contributed by atoms with E-state index >= 15 is 0 Å². The van der Waals surface area contributed by atoms with Crippen molar-refractivity contribution >= 4 is 17.8 Å². The normalized spacial score (nSPS) is 11.1. The number of amides is 1. The Hall–Kier alpha value is -3.88. The maximum Gasteiger partial charge on any atom is 0.387 e. The van der Waals surface area contributed by atoms with Crippen LogP contribution in [0, 0.1) is 6.92 Å². The number of nitrogens with one attached hydrogen (secondary N) is 1. The Bertz CT molecular complexity index is 1110. The van der Waals surface area contributed by atoms with E-state index in [1.165, 1.54) is 18.2 Å². The van der Waals surface area contributed by atoms with Gasteiger partial charge in [-0.1, -0.05) is 24.3 Å². The molecule has 1 amide bonds. The van der Waals surface area contributed by atoms with Crippen molar-refractivity contribution in [3.05, 3.63) is 71.4 Å². The highest BCUT2D eigenvalue weighted by Crippen LogP contribution is 2.28. The van der Waals surface area contributed by atoms with E-state index in [0.29, 0.717) is 29.4 Å². The molecule has 3 rings (SSSR count). The molecule has 7 nitrogen and oxygen atoms in total. The van der Waals surface area contributed by atoms with Crippen LogP contribution in [0.3, 0.4) is 0 Å². The van der Waals surface area contributed by atoms with Gasteiger partial charge < -0.3 is 19.5 Å². The number of carbonyl (C=O) groups excluding carboxylic acids is 1. The van der Waals surface area contributed by atoms with Gasteiger partial charge in [0.15, 0.2) is 11.5 Å². The third kappa shape index (κ3) is 5.63. The number of carbonyl (C=O) groups is 1. The minimum absolute atomic E-state index is 0.0128. The second-order valence-corrected chi connectivity index (χ2v) is 6.76. The van der Waals surface area contributed by atoms with Gasteiger partial charge in [0.05, 0.1) is 27.0 Å². The highest BCUT2D eigenvalue weighted by Gasteiger charge is 2.13. The van der Waals surface area contributed by atoms with Crippen LogP contribution in [0.15, 0.2) is 54.7 Å². The maximum atomic E-state index is 12.6. The second-order valence-electron chi connectivity index (χ2n) is 6.76. The van der Waals surface area contributed by atoms with Crippen LogP contribution < -0.4 is 19.5 Å². The molecule has 1 aromatic heterocycles. The standard InChI is InChI=1S/C23H23F2N3O4/c1-15-13-26-28(14-16-8-10-19(30-2)20(12-16)31-3)22(15)27-21(29)11-9-17-6-4-5-7-18(17)32-23(24)25/h4-13,23H,14H2,1-3H3,(H,27,29)/b11-9+. The zero-order chi connectivity index (χ0) is 23.1. The number of benzene rings is 2. The number of hydrogen-bond acceptors (Lipinski definition) is 5. The molecular weight excluding hydrogens is 420 g/mol. The number of anilines is 1. The molecule has 1 heterocycles. The second kappa shape index (κ2) is 10.4. The van der Waals surface area contributed by atoms with Gasteiger partial charge in [-0.2, -0.15) is 13.9 Å². The molecule has 0 saturated carbocycles. The molecule has 0 unspecified atom stereocenters. The van der Waals surface area contributed by atoms with Crippen molar-refractivity contribution in [1.29, 1.82) is 0 Å². The van der Waals surface area contributed by atoms with Crippen molar-refractivity contribution < 1.29 is 27.8 Å². The van der Waals surface area contributed by atoms with E-state index in [1.54, 1.807) is 49.4 Å². The van der Waals surface area contributed by atoms with Crippen LogP contribution in [0.1, 0.15) is 16.7 Å². The summed E-state index contributed by atoms with van der Waals surface area (Å²) in [6.45, 7) is -0.742. The molecule has 32 heavy (non-hydrogen) atoms. The highest BCUT2D eigenvalue weighted by molar-refractivity contribution is 6.02. The number of aromatic nitrogens is 2. The average Bonchev–Trinajstić information content (AvgIpc) is 3.11. The quantitative estimate of drug-likeness (QED) is 0.493. The van der Waals surface area contributed by atoms with Crippen molar-refractivity contribution in [3.8, 4) is 17.2 Å². The van der Waals surface area contributed by atoms with E-state index < -0.39 is 12.5 Å². The van der Waals surface area contributed by atoms with Gasteiger partial charge in [0, 0.05) is 17.2 Å². The fourth-order valence-corrected chi connectivity index (χ4v) is 3.06. The first kappa shape index (κ1) is 22.8. The summed E-state index contributed by atoms with van der Waals surface area (Å²) >= 11 is 0. The number of rotatable bonds is 9. The highest BCUT2D eigenvalue weighted by atomic mass is 19.3. The zero-order valence-corrected chi connectivity index (χ0v) is 17.8. The lowest BCUT2D eigenvalue weighted by Crippen LogP contribution is -2.14. The SMILES string of the molecule is COc1ccc(Cn2ncc(C)c2NC(=O)/C=C/c2ccccc2OC(F)F)cc1OC. The van der Waals surface area contributed by atoms with Crippen molar-refractivity contribution in [2.75, 3.05) is 19.5 Å². The van der Waals surface area contributed by atoms with Crippen molar-refractivity contribution in [2.24, 2.45) is 0 Å². The molecule has 3 aromatic rings. The number of aryl methyl sites for hydroxylation is 1. The van der Waals surface area contributed by atoms with E-state index in [4.69, 9.17) is 9.47 Å². The predicted molar refractivity (Wildman–Crippen MR) is 116 cm³/mol. The first-order valence-electron chi connectivity index (χ1n) is 9.67. The average molecular weight is 443 g/mol. The molecule has 0 radical (unpaired) electrons. The molecule has 0 atom stereocenters. The molecule has 1 N–H and O–H groups in total. The third-order valence-electron chi connectivity index (χ3n) is 4.59. The monoisotopic (exact) mass is 443 g/mol. The Labute approximate surface area is 184 Å². The Kier molecular flexibility index (Phi) is 7.43. The van der Waals surface area contributed by atoms with Gasteiger partial charge in [-0.3, -0.25) is 4.79 Å². The van der Waals surface area contributed by atoms with Crippen molar-refractivity contribution in [3.63, 3.8) is 0 Å². The molecule has 0 bridgehead atoms. The zero-order valence-electron chi connectivity index (χ0n) is 17.8. The molecule has 0 spiro atoms. The van der Waals surface area contributed by atoms with E-state index in [2.05, 4.69) is 15.2 Å². The number of nitrogens with zero attached hydrogens (tertiary/aromatic N) is 2. The minimum Gasteiger partial charge on any atom is -0.493 e. The number of hydrogen-bond donors (Lipinski definition) is 1. The van der Waals surface area contributed by atoms with Crippen LogP contribution >= 0.6 is 0 Å². The predicted octanol–water partition coefficient (Wildman–Crippen LogP) is 4.51. The van der Waals surface area contributed by atoms with E-state index in [-0.39, 0.29) is 5.75 Å². The van der Waals surface area contributed by atoms with Gasteiger partial charge in [-0.05, 0) is 36.8 Å². The number of halogens is 2. The topological polar surface area (TPSA) is 74.6 Å². The summed E-state index contributed by atoms with van der Waals surface area (Å²) in [5.41, 5.74) is 2.03. The molecule has 9 heteroatoms. The van der Waals surface area contributed by atoms with Gasteiger partial charge in [-0.15, -0.1) is 0 Å². The van der Waals surface area contributed by atoms with Crippen LogP contribution in [0.5, 0.6) is 17.2 Å². The summed E-state index contributed by atoms with van der Waals surface area (Å²) in [6, 6.07) is 11.7. The number of alkyl halides is 2. The lowest BCUT2D eigenvalue weighted by molar-refractivity contribution is -0.111. The number of para-hydroxylation sites is 1. The fourth-order valence-electron chi connectivity index (χ4n) is 3.06. The summed E-state index contributed by atoms with van der Waals surface area (Å²) in [7, 11) is 3.12. The van der Waals surface area contributed by atoms with Crippen LogP contribution in [-0.4, -0.2) is 36.5 Å². The summed E-state index contributed by atoms with van der Waals surface area (Å²) in [6.07, 6.45) is 4.31. The molecule has 0 aliphatic carbocycles. The summed E-state index contributed by atoms with van der Waals surface area (Å²) < 4.78 is 41.8. The van der Waals surface area contributed by atoms with Crippen LogP contribution in [0.4, 0.5) is 14.6 Å². The van der Waals surface area contributed by atoms with Crippen molar-refractivity contribution in [1.82, 2.24) is 9.78 Å². The van der Waals surface area contributed by atoms with E-state index in [9.17, 15) is 13.6 Å². The van der Waals surface area contributed by atoms with Gasteiger partial charge in [0.2, 0.25) is 5.91 Å². The summed E-state index contributed by atoms with van der Waals surface area (Å²) in [5.74, 6) is 1.27. The molecule has 2 aromatic carbocycles. The van der Waals surface area contributed by atoms with Crippen LogP contribution in [0.2, 0.25) is 0 Å². The minimum atomic E-state index is -2.95. The Morgan fingerprint density at radius 3 is 2.59 bits per heavy atom. The molecule has 0 fully saturated rings. The Balaban J connectivity index is 1.75. The first-order valence-corrected chi connectivity index (χ1v) is 9.67. The van der Waals surface area contributed by atoms with Gasteiger partial charge in [0.25, 0.3) is 0 Å². The van der Waals surface area contributed by atoms with Gasteiger partial charge in [0.1, 0.15) is 11.6 Å². The molecule has 0 aliphatic heterocycles. The lowest BCUT2D eigenvalue weighted by Gasteiger charge is -2.12. The third-order valence-corrected chi connectivity index (χ3v) is 4.59. The number of ether oxygens (including phenoxy) is 3. The maximum absolute atomic E-state index is 12.6. The lowest BCUT2D eigenvalue weighted by atomic mass is 10.2. The fraction of sp³-hybridized carbons (Fsp3) is 0.217. The van der Waals surface area contributed by atoms with Gasteiger partial charge >= 0.3 is 6.61 Å². The summed E-state index contributed by atoms with van der Waals surface area (Å²) in [5, 5.41) is 7.12. The smallest absolute Gasteiger partial charge is 0.387 e.